The lowest BCUT2D eigenvalue weighted by molar-refractivity contribution is -0.139. The fourth-order valence-electron chi connectivity index (χ4n) is 2.60. The maximum Gasteiger partial charge on any atom is 0.416 e. The molecule has 1 saturated carbocycles. The average Bonchev–Trinajstić information content (AvgIpc) is 2.99. The van der Waals surface area contributed by atoms with Crippen LogP contribution in [0.3, 0.4) is 0 Å². The predicted octanol–water partition coefficient (Wildman–Crippen LogP) is 3.73. The maximum absolute atomic E-state index is 12.7. The summed E-state index contributed by atoms with van der Waals surface area (Å²) in [7, 11) is 0. The lowest BCUT2D eigenvalue weighted by Crippen LogP contribution is -2.48. The SMILES string of the molecule is CC(C)(C(=O)Nc1cccc(C(F)(F)F)c1)C(=O)NC1CCCC1. The molecule has 4 nitrogen and oxygen atoms in total. The van der Waals surface area contributed by atoms with E-state index in [1.54, 1.807) is 0 Å². The number of hydrogen-bond acceptors (Lipinski definition) is 2. The van der Waals surface area contributed by atoms with Crippen LogP contribution in [0.4, 0.5) is 18.9 Å². The molecule has 1 aliphatic carbocycles. The first-order valence-corrected chi connectivity index (χ1v) is 7.90. The van der Waals surface area contributed by atoms with Crippen LogP contribution < -0.4 is 10.6 Å². The molecule has 0 saturated heterocycles. The molecule has 0 atom stereocenters. The summed E-state index contributed by atoms with van der Waals surface area (Å²) in [6.45, 7) is 2.92. The normalized spacial score (nSPS) is 16.0. The summed E-state index contributed by atoms with van der Waals surface area (Å²) in [5.74, 6) is -1.06. The van der Waals surface area contributed by atoms with Gasteiger partial charge in [0, 0.05) is 11.7 Å². The van der Waals surface area contributed by atoms with Gasteiger partial charge in [-0.15, -0.1) is 0 Å². The van der Waals surface area contributed by atoms with Gasteiger partial charge < -0.3 is 10.6 Å². The first kappa shape index (κ1) is 18.3. The Labute approximate surface area is 138 Å². The number of hydrogen-bond donors (Lipinski definition) is 2. The van der Waals surface area contributed by atoms with Gasteiger partial charge in [-0.2, -0.15) is 13.2 Å². The molecule has 0 spiro atoms. The molecule has 0 heterocycles. The molecule has 1 aromatic carbocycles. The molecule has 2 N–H and O–H groups in total. The summed E-state index contributed by atoms with van der Waals surface area (Å²) in [6, 6.07) is 4.41. The van der Waals surface area contributed by atoms with Crippen molar-refractivity contribution in [3.8, 4) is 0 Å². The van der Waals surface area contributed by atoms with Crippen LogP contribution in [-0.2, 0) is 15.8 Å². The zero-order valence-electron chi connectivity index (χ0n) is 13.7. The Balaban J connectivity index is 2.05. The zero-order chi connectivity index (χ0) is 18.0. The van der Waals surface area contributed by atoms with Gasteiger partial charge in [-0.05, 0) is 44.9 Å². The van der Waals surface area contributed by atoms with Crippen LogP contribution >= 0.6 is 0 Å². The second kappa shape index (κ2) is 6.83. The van der Waals surface area contributed by atoms with Gasteiger partial charge in [0.15, 0.2) is 0 Å². The molecule has 0 unspecified atom stereocenters. The molecule has 1 aliphatic rings. The molecule has 0 aromatic heterocycles. The van der Waals surface area contributed by atoms with Crippen molar-refractivity contribution in [1.82, 2.24) is 5.32 Å². The minimum Gasteiger partial charge on any atom is -0.352 e. The van der Waals surface area contributed by atoms with Crippen molar-refractivity contribution in [2.45, 2.75) is 51.7 Å². The van der Waals surface area contributed by atoms with Crippen molar-refractivity contribution in [2.24, 2.45) is 5.41 Å². The Morgan fingerprint density at radius 2 is 1.71 bits per heavy atom. The molecular formula is C17H21F3N2O2. The lowest BCUT2D eigenvalue weighted by atomic mass is 9.90. The van der Waals surface area contributed by atoms with Crippen LogP contribution in [0.5, 0.6) is 0 Å². The molecule has 0 aliphatic heterocycles. The Morgan fingerprint density at radius 1 is 1.08 bits per heavy atom. The van der Waals surface area contributed by atoms with Crippen molar-refractivity contribution in [2.75, 3.05) is 5.32 Å². The summed E-state index contributed by atoms with van der Waals surface area (Å²) in [6.07, 6.45) is -0.631. The van der Waals surface area contributed by atoms with Crippen molar-refractivity contribution >= 4 is 17.5 Å². The minimum atomic E-state index is -4.49. The van der Waals surface area contributed by atoms with E-state index in [0.29, 0.717) is 0 Å². The van der Waals surface area contributed by atoms with Gasteiger partial charge >= 0.3 is 6.18 Å². The molecule has 132 valence electrons. The van der Waals surface area contributed by atoms with Crippen LogP contribution in [-0.4, -0.2) is 17.9 Å². The van der Waals surface area contributed by atoms with E-state index in [1.165, 1.54) is 26.0 Å². The third-order valence-corrected chi connectivity index (χ3v) is 4.27. The highest BCUT2D eigenvalue weighted by atomic mass is 19.4. The molecular weight excluding hydrogens is 321 g/mol. The number of alkyl halides is 3. The molecule has 1 fully saturated rings. The van der Waals surface area contributed by atoms with E-state index in [-0.39, 0.29) is 11.7 Å². The lowest BCUT2D eigenvalue weighted by Gasteiger charge is -2.25. The summed E-state index contributed by atoms with van der Waals surface area (Å²) in [4.78, 5) is 24.7. The first-order chi connectivity index (χ1) is 11.1. The highest BCUT2D eigenvalue weighted by Crippen LogP contribution is 2.31. The van der Waals surface area contributed by atoms with Gasteiger partial charge in [-0.1, -0.05) is 18.9 Å². The van der Waals surface area contributed by atoms with Crippen molar-refractivity contribution < 1.29 is 22.8 Å². The Kier molecular flexibility index (Phi) is 5.20. The van der Waals surface area contributed by atoms with Crippen LogP contribution in [0.25, 0.3) is 0 Å². The largest absolute Gasteiger partial charge is 0.416 e. The quantitative estimate of drug-likeness (QED) is 0.819. The summed E-state index contributed by atoms with van der Waals surface area (Å²) >= 11 is 0. The number of carbonyl (C=O) groups is 2. The number of carbonyl (C=O) groups excluding carboxylic acids is 2. The number of rotatable bonds is 4. The summed E-state index contributed by atoms with van der Waals surface area (Å²) in [5.41, 5.74) is -2.22. The van der Waals surface area contributed by atoms with Gasteiger partial charge in [0.25, 0.3) is 0 Å². The van der Waals surface area contributed by atoms with Gasteiger partial charge in [0.2, 0.25) is 11.8 Å². The van der Waals surface area contributed by atoms with Crippen LogP contribution in [0.1, 0.15) is 45.1 Å². The monoisotopic (exact) mass is 342 g/mol. The van der Waals surface area contributed by atoms with E-state index in [2.05, 4.69) is 10.6 Å². The Morgan fingerprint density at radius 3 is 2.29 bits per heavy atom. The molecule has 0 bridgehead atoms. The van der Waals surface area contributed by atoms with Gasteiger partial charge in [-0.25, -0.2) is 0 Å². The Bertz CT molecular complexity index is 621. The van der Waals surface area contributed by atoms with E-state index in [0.717, 1.165) is 37.8 Å². The van der Waals surface area contributed by atoms with E-state index in [4.69, 9.17) is 0 Å². The van der Waals surface area contributed by atoms with E-state index < -0.39 is 29.0 Å². The van der Waals surface area contributed by atoms with Gasteiger partial charge in [0.1, 0.15) is 5.41 Å². The molecule has 0 radical (unpaired) electrons. The van der Waals surface area contributed by atoms with E-state index >= 15 is 0 Å². The highest BCUT2D eigenvalue weighted by Gasteiger charge is 2.38. The Hall–Kier alpha value is -2.05. The maximum atomic E-state index is 12.7. The predicted molar refractivity (Wildman–Crippen MR) is 84.3 cm³/mol. The number of anilines is 1. The standard InChI is InChI=1S/C17H21F3N2O2/c1-16(2,14(23)21-12-7-3-4-8-12)15(24)22-13-9-5-6-11(10-13)17(18,19)20/h5-6,9-10,12H,3-4,7-8H2,1-2H3,(H,21,23)(H,22,24). The van der Waals surface area contributed by atoms with E-state index in [1.807, 2.05) is 0 Å². The third-order valence-electron chi connectivity index (χ3n) is 4.27. The summed E-state index contributed by atoms with van der Waals surface area (Å²) < 4.78 is 38.2. The topological polar surface area (TPSA) is 58.2 Å². The van der Waals surface area contributed by atoms with Crippen molar-refractivity contribution in [3.05, 3.63) is 29.8 Å². The zero-order valence-corrected chi connectivity index (χ0v) is 13.7. The third kappa shape index (κ3) is 4.27. The van der Waals surface area contributed by atoms with Gasteiger partial charge in [-0.3, -0.25) is 9.59 Å². The fraction of sp³-hybridized carbons (Fsp3) is 0.529. The highest BCUT2D eigenvalue weighted by molar-refractivity contribution is 6.09. The first-order valence-electron chi connectivity index (χ1n) is 7.90. The smallest absolute Gasteiger partial charge is 0.352 e. The number of benzene rings is 1. The average molecular weight is 342 g/mol. The molecule has 7 heteroatoms. The minimum absolute atomic E-state index is 0.0107. The van der Waals surface area contributed by atoms with E-state index in [9.17, 15) is 22.8 Å². The number of halogens is 3. The number of amides is 2. The second-order valence-corrected chi connectivity index (χ2v) is 6.61. The van der Waals surface area contributed by atoms with Crippen LogP contribution in [0.2, 0.25) is 0 Å². The molecule has 24 heavy (non-hydrogen) atoms. The van der Waals surface area contributed by atoms with Crippen LogP contribution in [0, 0.1) is 5.41 Å². The van der Waals surface area contributed by atoms with Gasteiger partial charge in [0.05, 0.1) is 5.56 Å². The molecule has 2 amide bonds. The van der Waals surface area contributed by atoms with Crippen molar-refractivity contribution in [1.29, 1.82) is 0 Å². The number of nitrogens with one attached hydrogen (secondary N) is 2. The second-order valence-electron chi connectivity index (χ2n) is 6.61. The molecule has 2 rings (SSSR count). The molecule has 1 aromatic rings. The fourth-order valence-corrected chi connectivity index (χ4v) is 2.60. The van der Waals surface area contributed by atoms with Crippen molar-refractivity contribution in [3.63, 3.8) is 0 Å². The van der Waals surface area contributed by atoms with Crippen LogP contribution in [0.15, 0.2) is 24.3 Å². The summed E-state index contributed by atoms with van der Waals surface area (Å²) in [5, 5.41) is 5.24.